The predicted octanol–water partition coefficient (Wildman–Crippen LogP) is 2.23. The highest BCUT2D eigenvalue weighted by atomic mass is 19.1. The third-order valence-electron chi connectivity index (χ3n) is 4.27. The molecule has 0 aromatic heterocycles. The first-order valence-electron chi connectivity index (χ1n) is 6.46. The number of ether oxygens (including phenoxy) is 1. The van der Waals surface area contributed by atoms with Crippen molar-refractivity contribution in [2.75, 3.05) is 26.3 Å². The Morgan fingerprint density at radius 1 is 1.28 bits per heavy atom. The van der Waals surface area contributed by atoms with E-state index in [1.54, 1.807) is 6.07 Å². The van der Waals surface area contributed by atoms with Crippen LogP contribution in [-0.4, -0.2) is 26.3 Å². The van der Waals surface area contributed by atoms with Crippen LogP contribution in [0.1, 0.15) is 18.4 Å². The third kappa shape index (κ3) is 1.84. The van der Waals surface area contributed by atoms with Gasteiger partial charge in [-0.15, -0.1) is 0 Å². The molecule has 1 aromatic carbocycles. The highest BCUT2D eigenvalue weighted by Crippen LogP contribution is 2.43. The van der Waals surface area contributed by atoms with E-state index < -0.39 is 11.6 Å². The molecule has 98 valence electrons. The van der Waals surface area contributed by atoms with Gasteiger partial charge in [0.25, 0.3) is 0 Å². The molecule has 3 rings (SSSR count). The minimum atomic E-state index is -0.520. The van der Waals surface area contributed by atoms with Crippen LogP contribution in [0, 0.1) is 17.6 Å². The average molecular weight is 253 g/mol. The van der Waals surface area contributed by atoms with Crippen LogP contribution in [0.2, 0.25) is 0 Å². The maximum atomic E-state index is 14.0. The second-order valence-electron chi connectivity index (χ2n) is 5.32. The molecule has 4 heteroatoms. The van der Waals surface area contributed by atoms with E-state index in [2.05, 4.69) is 5.32 Å². The summed E-state index contributed by atoms with van der Waals surface area (Å²) in [7, 11) is 0. The molecule has 1 aromatic rings. The van der Waals surface area contributed by atoms with Crippen LogP contribution in [-0.2, 0) is 10.2 Å². The molecule has 2 aliphatic rings. The summed E-state index contributed by atoms with van der Waals surface area (Å²) in [4.78, 5) is 0. The van der Waals surface area contributed by atoms with Gasteiger partial charge in [0.1, 0.15) is 11.6 Å². The average Bonchev–Trinajstić information content (AvgIpc) is 2.32. The summed E-state index contributed by atoms with van der Waals surface area (Å²) < 4.78 is 32.4. The maximum Gasteiger partial charge on any atom is 0.130 e. The number of piperidine rings is 1. The predicted molar refractivity (Wildman–Crippen MR) is 64.4 cm³/mol. The Hall–Kier alpha value is -1.00. The van der Waals surface area contributed by atoms with Gasteiger partial charge in [-0.1, -0.05) is 6.07 Å². The number of rotatable bonds is 2. The lowest BCUT2D eigenvalue weighted by Gasteiger charge is -2.49. The summed E-state index contributed by atoms with van der Waals surface area (Å²) in [5.41, 5.74) is 0.356. The second-order valence-corrected chi connectivity index (χ2v) is 5.32. The van der Waals surface area contributed by atoms with Gasteiger partial charge in [0.05, 0.1) is 13.2 Å². The summed E-state index contributed by atoms with van der Waals surface area (Å²) in [6, 6.07) is 3.90. The number of nitrogens with one attached hydrogen (secondary N) is 1. The first kappa shape index (κ1) is 12.1. The summed E-state index contributed by atoms with van der Waals surface area (Å²) in [6.07, 6.45) is 2.18. The van der Waals surface area contributed by atoms with Crippen LogP contribution in [0.25, 0.3) is 0 Å². The van der Waals surface area contributed by atoms with Crippen molar-refractivity contribution in [3.63, 3.8) is 0 Å². The zero-order valence-electron chi connectivity index (χ0n) is 10.2. The van der Waals surface area contributed by atoms with E-state index in [1.807, 2.05) is 0 Å². The van der Waals surface area contributed by atoms with E-state index in [4.69, 9.17) is 4.74 Å². The molecule has 1 unspecified atom stereocenters. The van der Waals surface area contributed by atoms with Gasteiger partial charge in [0, 0.05) is 11.5 Å². The molecule has 2 saturated heterocycles. The monoisotopic (exact) mass is 253 g/mol. The Balaban J connectivity index is 1.94. The van der Waals surface area contributed by atoms with Gasteiger partial charge in [-0.25, -0.2) is 8.78 Å². The molecule has 1 atom stereocenters. The van der Waals surface area contributed by atoms with Crippen LogP contribution >= 0.6 is 0 Å². The fourth-order valence-electron chi connectivity index (χ4n) is 3.15. The van der Waals surface area contributed by atoms with Crippen molar-refractivity contribution in [3.05, 3.63) is 35.4 Å². The number of hydrogen-bond acceptors (Lipinski definition) is 2. The van der Waals surface area contributed by atoms with Crippen molar-refractivity contribution < 1.29 is 13.5 Å². The minimum Gasteiger partial charge on any atom is -0.379 e. The van der Waals surface area contributed by atoms with Gasteiger partial charge >= 0.3 is 0 Å². The maximum absolute atomic E-state index is 14.0. The number of hydrogen-bond donors (Lipinski definition) is 1. The Morgan fingerprint density at radius 3 is 2.67 bits per heavy atom. The van der Waals surface area contributed by atoms with E-state index >= 15 is 0 Å². The van der Waals surface area contributed by atoms with E-state index in [0.29, 0.717) is 24.7 Å². The number of benzene rings is 1. The Morgan fingerprint density at radius 2 is 2.11 bits per heavy atom. The molecule has 2 aliphatic heterocycles. The lowest BCUT2D eigenvalue weighted by Crippen LogP contribution is -2.56. The van der Waals surface area contributed by atoms with E-state index in [9.17, 15) is 8.78 Å². The molecule has 0 aliphatic carbocycles. The zero-order valence-corrected chi connectivity index (χ0v) is 10.2. The molecule has 1 N–H and O–H groups in total. The molecule has 2 fully saturated rings. The van der Waals surface area contributed by atoms with Gasteiger partial charge in [-0.3, -0.25) is 0 Å². The normalized spacial score (nSPS) is 26.7. The van der Waals surface area contributed by atoms with Crippen molar-refractivity contribution in [2.24, 2.45) is 5.92 Å². The lowest BCUT2D eigenvalue weighted by atomic mass is 9.66. The van der Waals surface area contributed by atoms with Crippen LogP contribution < -0.4 is 5.32 Å². The van der Waals surface area contributed by atoms with Crippen molar-refractivity contribution in [2.45, 2.75) is 18.3 Å². The summed E-state index contributed by atoms with van der Waals surface area (Å²) in [6.45, 7) is 3.00. The van der Waals surface area contributed by atoms with Gasteiger partial charge in [0.15, 0.2) is 0 Å². The van der Waals surface area contributed by atoms with Crippen LogP contribution in [0.15, 0.2) is 18.2 Å². The Bertz CT molecular complexity index is 439. The SMILES string of the molecule is Fc1ccc(C2(C3CCCNC3)COC2)c(F)c1. The first-order valence-corrected chi connectivity index (χ1v) is 6.46. The van der Waals surface area contributed by atoms with Crippen molar-refractivity contribution in [1.29, 1.82) is 0 Å². The molecule has 0 spiro atoms. The van der Waals surface area contributed by atoms with Gasteiger partial charge in [-0.2, -0.15) is 0 Å². The van der Waals surface area contributed by atoms with E-state index in [0.717, 1.165) is 32.0 Å². The summed E-state index contributed by atoms with van der Waals surface area (Å²) in [5, 5.41) is 3.36. The summed E-state index contributed by atoms with van der Waals surface area (Å²) >= 11 is 0. The fraction of sp³-hybridized carbons (Fsp3) is 0.571. The van der Waals surface area contributed by atoms with Crippen molar-refractivity contribution >= 4 is 0 Å². The first-order chi connectivity index (χ1) is 8.72. The lowest BCUT2D eigenvalue weighted by molar-refractivity contribution is -0.0963. The minimum absolute atomic E-state index is 0.259. The second kappa shape index (κ2) is 4.59. The highest BCUT2D eigenvalue weighted by molar-refractivity contribution is 5.31. The Labute approximate surface area is 105 Å². The molecule has 2 nitrogen and oxygen atoms in total. The topological polar surface area (TPSA) is 21.3 Å². The van der Waals surface area contributed by atoms with Crippen LogP contribution in [0.5, 0.6) is 0 Å². The number of halogens is 2. The van der Waals surface area contributed by atoms with Gasteiger partial charge in [-0.05, 0) is 43.5 Å². The summed E-state index contributed by atoms with van der Waals surface area (Å²) in [5.74, 6) is -0.586. The smallest absolute Gasteiger partial charge is 0.130 e. The van der Waals surface area contributed by atoms with E-state index in [1.165, 1.54) is 6.07 Å². The molecule has 0 amide bonds. The fourth-order valence-corrected chi connectivity index (χ4v) is 3.15. The largest absolute Gasteiger partial charge is 0.379 e. The van der Waals surface area contributed by atoms with Crippen molar-refractivity contribution in [1.82, 2.24) is 5.32 Å². The third-order valence-corrected chi connectivity index (χ3v) is 4.27. The Kier molecular flexibility index (Phi) is 3.08. The molecule has 0 saturated carbocycles. The van der Waals surface area contributed by atoms with Crippen molar-refractivity contribution in [3.8, 4) is 0 Å². The van der Waals surface area contributed by atoms with Crippen LogP contribution in [0.3, 0.4) is 0 Å². The van der Waals surface area contributed by atoms with Gasteiger partial charge < -0.3 is 10.1 Å². The van der Waals surface area contributed by atoms with Crippen LogP contribution in [0.4, 0.5) is 8.78 Å². The van der Waals surface area contributed by atoms with E-state index in [-0.39, 0.29) is 5.41 Å². The zero-order chi connectivity index (χ0) is 12.6. The standard InChI is InChI=1S/C14H17F2NO/c15-11-3-4-12(13(16)6-11)14(8-18-9-14)10-2-1-5-17-7-10/h3-4,6,10,17H,1-2,5,7-9H2. The highest BCUT2D eigenvalue weighted by Gasteiger charge is 2.48. The molecule has 0 bridgehead atoms. The molecular weight excluding hydrogens is 236 g/mol. The molecule has 18 heavy (non-hydrogen) atoms. The molecule has 2 heterocycles. The van der Waals surface area contributed by atoms with Gasteiger partial charge in [0.2, 0.25) is 0 Å². The molecular formula is C14H17F2NO. The quantitative estimate of drug-likeness (QED) is 0.872. The molecule has 0 radical (unpaired) electrons.